The lowest BCUT2D eigenvalue weighted by Crippen LogP contribution is -2.45. The van der Waals surface area contributed by atoms with Gasteiger partial charge in [0.1, 0.15) is 0 Å². The molecule has 1 fully saturated rings. The second kappa shape index (κ2) is 7.43. The van der Waals surface area contributed by atoms with Crippen LogP contribution < -0.4 is 0 Å². The summed E-state index contributed by atoms with van der Waals surface area (Å²) in [5.74, 6) is 0. The Balaban J connectivity index is 1.62. The van der Waals surface area contributed by atoms with Crippen LogP contribution >= 0.6 is 0 Å². The summed E-state index contributed by atoms with van der Waals surface area (Å²) in [5.41, 5.74) is 2.38. The van der Waals surface area contributed by atoms with Gasteiger partial charge in [0.25, 0.3) is 0 Å². The van der Waals surface area contributed by atoms with E-state index in [-0.39, 0.29) is 0 Å². The van der Waals surface area contributed by atoms with Gasteiger partial charge in [0.2, 0.25) is 0 Å². The number of ether oxygens (including phenoxy) is 1. The van der Waals surface area contributed by atoms with Gasteiger partial charge in [-0.15, -0.1) is 0 Å². The molecule has 19 heavy (non-hydrogen) atoms. The van der Waals surface area contributed by atoms with E-state index in [2.05, 4.69) is 47.7 Å². The SMILES string of the molecule is C=Cc1ccc(COCCN2CCN(C)CC2)cc1. The molecular weight excluding hydrogens is 236 g/mol. The van der Waals surface area contributed by atoms with E-state index in [0.717, 1.165) is 31.8 Å². The monoisotopic (exact) mass is 260 g/mol. The lowest BCUT2D eigenvalue weighted by molar-refractivity contribution is 0.0738. The molecule has 1 heterocycles. The number of likely N-dealkylation sites (N-methyl/N-ethyl adjacent to an activating group) is 1. The highest BCUT2D eigenvalue weighted by atomic mass is 16.5. The average Bonchev–Trinajstić information content (AvgIpc) is 2.46. The van der Waals surface area contributed by atoms with Crippen LogP contribution in [-0.4, -0.2) is 56.2 Å². The summed E-state index contributed by atoms with van der Waals surface area (Å²) in [4.78, 5) is 4.85. The van der Waals surface area contributed by atoms with Crippen molar-refractivity contribution in [3.63, 3.8) is 0 Å². The van der Waals surface area contributed by atoms with Gasteiger partial charge in [0.15, 0.2) is 0 Å². The third-order valence-electron chi connectivity index (χ3n) is 3.63. The van der Waals surface area contributed by atoms with E-state index in [1.165, 1.54) is 18.7 Å². The predicted octanol–water partition coefficient (Wildman–Crippen LogP) is 2.09. The van der Waals surface area contributed by atoms with Crippen molar-refractivity contribution in [2.24, 2.45) is 0 Å². The van der Waals surface area contributed by atoms with Crippen molar-refractivity contribution >= 4 is 6.08 Å². The molecule has 0 bridgehead atoms. The summed E-state index contributed by atoms with van der Waals surface area (Å²) in [6, 6.07) is 8.36. The first-order valence-corrected chi connectivity index (χ1v) is 6.98. The minimum Gasteiger partial charge on any atom is -0.375 e. The highest BCUT2D eigenvalue weighted by molar-refractivity contribution is 5.47. The highest BCUT2D eigenvalue weighted by Gasteiger charge is 2.12. The molecule has 1 saturated heterocycles. The van der Waals surface area contributed by atoms with Gasteiger partial charge in [0, 0.05) is 32.7 Å². The molecule has 1 aliphatic rings. The van der Waals surface area contributed by atoms with Crippen molar-refractivity contribution in [1.82, 2.24) is 9.80 Å². The standard InChI is InChI=1S/C16H24N2O/c1-3-15-4-6-16(7-5-15)14-19-13-12-18-10-8-17(2)9-11-18/h3-7H,1,8-14H2,2H3. The summed E-state index contributed by atoms with van der Waals surface area (Å²) in [7, 11) is 2.18. The smallest absolute Gasteiger partial charge is 0.0717 e. The molecule has 104 valence electrons. The molecule has 2 rings (SSSR count). The number of piperazine rings is 1. The lowest BCUT2D eigenvalue weighted by Gasteiger charge is -2.32. The van der Waals surface area contributed by atoms with Gasteiger partial charge in [-0.25, -0.2) is 0 Å². The number of benzene rings is 1. The minimum absolute atomic E-state index is 0.700. The van der Waals surface area contributed by atoms with Crippen molar-refractivity contribution in [1.29, 1.82) is 0 Å². The first kappa shape index (κ1) is 14.3. The Hall–Kier alpha value is -1.16. The second-order valence-corrected chi connectivity index (χ2v) is 5.14. The van der Waals surface area contributed by atoms with E-state index in [1.54, 1.807) is 0 Å². The molecule has 0 N–H and O–H groups in total. The van der Waals surface area contributed by atoms with Crippen molar-refractivity contribution < 1.29 is 4.74 Å². The Morgan fingerprint density at radius 1 is 1.16 bits per heavy atom. The van der Waals surface area contributed by atoms with Crippen LogP contribution in [-0.2, 0) is 11.3 Å². The second-order valence-electron chi connectivity index (χ2n) is 5.14. The topological polar surface area (TPSA) is 15.7 Å². The summed E-state index contributed by atoms with van der Waals surface area (Å²) in [5, 5.41) is 0. The Morgan fingerprint density at radius 3 is 2.47 bits per heavy atom. The Bertz CT molecular complexity index is 380. The van der Waals surface area contributed by atoms with Crippen LogP contribution in [0.5, 0.6) is 0 Å². The first-order valence-electron chi connectivity index (χ1n) is 6.98. The van der Waals surface area contributed by atoms with Crippen LogP contribution in [0.3, 0.4) is 0 Å². The zero-order chi connectivity index (χ0) is 13.5. The van der Waals surface area contributed by atoms with Gasteiger partial charge >= 0.3 is 0 Å². The lowest BCUT2D eigenvalue weighted by atomic mass is 10.1. The van der Waals surface area contributed by atoms with Crippen molar-refractivity contribution in [3.05, 3.63) is 42.0 Å². The van der Waals surface area contributed by atoms with Crippen molar-refractivity contribution in [3.8, 4) is 0 Å². The maximum atomic E-state index is 5.74. The van der Waals surface area contributed by atoms with E-state index in [0.29, 0.717) is 6.61 Å². The molecule has 0 unspecified atom stereocenters. The fourth-order valence-corrected chi connectivity index (χ4v) is 2.21. The molecule has 0 radical (unpaired) electrons. The van der Waals surface area contributed by atoms with Crippen LogP contribution in [0.4, 0.5) is 0 Å². The van der Waals surface area contributed by atoms with Crippen molar-refractivity contribution in [2.75, 3.05) is 46.4 Å². The number of nitrogens with zero attached hydrogens (tertiary/aromatic N) is 2. The van der Waals surface area contributed by atoms with Gasteiger partial charge in [-0.1, -0.05) is 36.9 Å². The van der Waals surface area contributed by atoms with E-state index >= 15 is 0 Å². The molecule has 3 heteroatoms. The molecule has 1 aliphatic heterocycles. The van der Waals surface area contributed by atoms with Crippen molar-refractivity contribution in [2.45, 2.75) is 6.61 Å². The molecule has 0 aromatic heterocycles. The van der Waals surface area contributed by atoms with Crippen LogP contribution in [0.2, 0.25) is 0 Å². The number of hydrogen-bond acceptors (Lipinski definition) is 3. The Morgan fingerprint density at radius 2 is 1.84 bits per heavy atom. The first-order chi connectivity index (χ1) is 9.28. The third kappa shape index (κ3) is 4.78. The maximum absolute atomic E-state index is 5.74. The summed E-state index contributed by atoms with van der Waals surface area (Å²) >= 11 is 0. The molecule has 0 aliphatic carbocycles. The average molecular weight is 260 g/mol. The van der Waals surface area contributed by atoms with E-state index in [1.807, 2.05) is 6.08 Å². The number of hydrogen-bond donors (Lipinski definition) is 0. The quantitative estimate of drug-likeness (QED) is 0.729. The van der Waals surface area contributed by atoms with Gasteiger partial charge in [-0.2, -0.15) is 0 Å². The normalized spacial score (nSPS) is 17.5. The maximum Gasteiger partial charge on any atom is 0.0717 e. The van der Waals surface area contributed by atoms with E-state index < -0.39 is 0 Å². The zero-order valence-electron chi connectivity index (χ0n) is 11.8. The van der Waals surface area contributed by atoms with Gasteiger partial charge in [-0.05, 0) is 18.2 Å². The molecule has 0 saturated carbocycles. The predicted molar refractivity (Wildman–Crippen MR) is 80.1 cm³/mol. The number of rotatable bonds is 6. The molecule has 1 aromatic carbocycles. The fourth-order valence-electron chi connectivity index (χ4n) is 2.21. The summed E-state index contributed by atoms with van der Waals surface area (Å²) < 4.78 is 5.74. The van der Waals surface area contributed by atoms with E-state index in [9.17, 15) is 0 Å². The minimum atomic E-state index is 0.700. The Labute approximate surface area is 116 Å². The molecule has 0 spiro atoms. The Kier molecular flexibility index (Phi) is 5.58. The van der Waals surface area contributed by atoms with Crippen LogP contribution in [0.15, 0.2) is 30.8 Å². The highest BCUT2D eigenvalue weighted by Crippen LogP contribution is 2.07. The third-order valence-corrected chi connectivity index (χ3v) is 3.63. The largest absolute Gasteiger partial charge is 0.375 e. The molecule has 0 amide bonds. The molecular formula is C16H24N2O. The van der Waals surface area contributed by atoms with Gasteiger partial charge < -0.3 is 9.64 Å². The van der Waals surface area contributed by atoms with Crippen LogP contribution in [0.25, 0.3) is 6.08 Å². The van der Waals surface area contributed by atoms with E-state index in [4.69, 9.17) is 4.74 Å². The van der Waals surface area contributed by atoms with Gasteiger partial charge in [-0.3, -0.25) is 4.90 Å². The molecule has 3 nitrogen and oxygen atoms in total. The zero-order valence-corrected chi connectivity index (χ0v) is 11.8. The fraction of sp³-hybridized carbons (Fsp3) is 0.500. The summed E-state index contributed by atoms with van der Waals surface area (Å²) in [6.45, 7) is 11.0. The molecule has 1 aromatic rings. The van der Waals surface area contributed by atoms with Crippen LogP contribution in [0, 0.1) is 0 Å². The van der Waals surface area contributed by atoms with Crippen LogP contribution in [0.1, 0.15) is 11.1 Å². The molecule has 0 atom stereocenters. The summed E-state index contributed by atoms with van der Waals surface area (Å²) in [6.07, 6.45) is 1.86. The van der Waals surface area contributed by atoms with Gasteiger partial charge in [0.05, 0.1) is 13.2 Å².